The lowest BCUT2D eigenvalue weighted by molar-refractivity contribution is 0.963. The minimum absolute atomic E-state index is 1.18. The summed E-state index contributed by atoms with van der Waals surface area (Å²) in [5.41, 5.74) is 2.96. The molecule has 1 aromatic carbocycles. The van der Waals surface area contributed by atoms with E-state index in [9.17, 15) is 0 Å². The van der Waals surface area contributed by atoms with Gasteiger partial charge >= 0.3 is 0 Å². The Morgan fingerprint density at radius 2 is 1.63 bits per heavy atom. The summed E-state index contributed by atoms with van der Waals surface area (Å²) < 4.78 is 0. The van der Waals surface area contributed by atoms with Crippen LogP contribution in [0.15, 0.2) is 53.6 Å². The Morgan fingerprint density at radius 1 is 1.00 bits per heavy atom. The maximum atomic E-state index is 2.47. The topological polar surface area (TPSA) is 0 Å². The highest BCUT2D eigenvalue weighted by atomic mass is 28.3. The van der Waals surface area contributed by atoms with Crippen LogP contribution in [0.2, 0.25) is 19.1 Å². The van der Waals surface area contributed by atoms with Crippen LogP contribution < -0.4 is 5.19 Å². The summed E-state index contributed by atoms with van der Waals surface area (Å²) in [6, 6.07) is 12.3. The number of hydrogen-bond donors (Lipinski definition) is 0. The first kappa shape index (κ1) is 16.0. The van der Waals surface area contributed by atoms with Crippen molar-refractivity contribution < 1.29 is 0 Å². The number of rotatable bonds is 6. The summed E-state index contributed by atoms with van der Waals surface area (Å²) in [5.74, 6) is 0. The molecule has 104 valence electrons. The van der Waals surface area contributed by atoms with Gasteiger partial charge in [0.2, 0.25) is 0 Å². The Morgan fingerprint density at radius 3 is 2.21 bits per heavy atom. The first-order valence-corrected chi connectivity index (χ1v) is 10.5. The molecule has 1 aromatic rings. The fraction of sp³-hybridized carbons (Fsp3) is 0.444. The van der Waals surface area contributed by atoms with Crippen molar-refractivity contribution in [2.75, 3.05) is 0 Å². The van der Waals surface area contributed by atoms with Crippen LogP contribution in [0.5, 0.6) is 0 Å². The predicted molar refractivity (Wildman–Crippen MR) is 90.8 cm³/mol. The van der Waals surface area contributed by atoms with Crippen molar-refractivity contribution in [2.45, 2.75) is 52.8 Å². The van der Waals surface area contributed by atoms with Crippen LogP contribution in [0.4, 0.5) is 0 Å². The molecule has 1 heteroatoms. The van der Waals surface area contributed by atoms with Crippen molar-refractivity contribution in [2.24, 2.45) is 0 Å². The first-order valence-electron chi connectivity index (χ1n) is 7.26. The zero-order valence-corrected chi connectivity index (χ0v) is 14.2. The average molecular weight is 273 g/mol. The quantitative estimate of drug-likeness (QED) is 0.487. The molecule has 0 heterocycles. The van der Waals surface area contributed by atoms with Crippen LogP contribution in [0.3, 0.4) is 0 Å². The van der Waals surface area contributed by atoms with Gasteiger partial charge in [0.15, 0.2) is 0 Å². The van der Waals surface area contributed by atoms with E-state index in [1.54, 1.807) is 5.19 Å². The van der Waals surface area contributed by atoms with Gasteiger partial charge in [-0.1, -0.05) is 71.9 Å². The number of allylic oxidation sites excluding steroid dienone is 4. The highest BCUT2D eigenvalue weighted by Crippen LogP contribution is 2.15. The van der Waals surface area contributed by atoms with E-state index in [-0.39, 0.29) is 0 Å². The van der Waals surface area contributed by atoms with E-state index in [0.29, 0.717) is 0 Å². The Hall–Kier alpha value is -1.08. The van der Waals surface area contributed by atoms with Gasteiger partial charge in [0.1, 0.15) is 0 Å². The van der Waals surface area contributed by atoms with E-state index >= 15 is 0 Å². The van der Waals surface area contributed by atoms with Gasteiger partial charge in [-0.2, -0.15) is 0 Å². The minimum atomic E-state index is -1.30. The van der Waals surface area contributed by atoms with E-state index in [0.717, 1.165) is 0 Å². The molecule has 0 N–H and O–H groups in total. The maximum Gasteiger partial charge on any atom is 0.0843 e. The highest BCUT2D eigenvalue weighted by molar-refractivity contribution is 6.90. The molecule has 0 fully saturated rings. The molecule has 0 unspecified atom stereocenters. The van der Waals surface area contributed by atoms with E-state index in [2.05, 4.69) is 76.3 Å². The van der Waals surface area contributed by atoms with E-state index < -0.39 is 8.07 Å². The molecule has 19 heavy (non-hydrogen) atoms. The van der Waals surface area contributed by atoms with E-state index in [1.165, 1.54) is 30.0 Å². The Balaban J connectivity index is 2.57. The molecule has 0 nitrogen and oxygen atoms in total. The molecule has 0 saturated heterocycles. The second-order valence-electron chi connectivity index (χ2n) is 6.32. The zero-order chi connectivity index (χ0) is 14.3. The third kappa shape index (κ3) is 6.06. The number of hydrogen-bond acceptors (Lipinski definition) is 0. The Kier molecular flexibility index (Phi) is 6.30. The SMILES string of the molecule is CC(C)=CCCC(C)=CC[Si](C)(C)c1ccccc1. The van der Waals surface area contributed by atoms with Gasteiger partial charge in [-0.25, -0.2) is 0 Å². The van der Waals surface area contributed by atoms with Crippen LogP contribution in [0.1, 0.15) is 33.6 Å². The van der Waals surface area contributed by atoms with Crippen LogP contribution in [0.25, 0.3) is 0 Å². The summed E-state index contributed by atoms with van der Waals surface area (Å²) in [6.07, 6.45) is 7.18. The molecule has 0 bridgehead atoms. The molecule has 1 rings (SSSR count). The molecular weight excluding hydrogens is 244 g/mol. The maximum absolute atomic E-state index is 2.47. The second kappa shape index (κ2) is 7.49. The smallest absolute Gasteiger partial charge is 0.0843 e. The summed E-state index contributed by atoms with van der Waals surface area (Å²) in [5, 5.41) is 1.56. The normalized spacial score (nSPS) is 12.4. The molecule has 0 radical (unpaired) electrons. The van der Waals surface area contributed by atoms with Gasteiger partial charge in [-0.15, -0.1) is 0 Å². The largest absolute Gasteiger partial charge is 0.0879 e. The van der Waals surface area contributed by atoms with Gasteiger partial charge < -0.3 is 0 Å². The van der Waals surface area contributed by atoms with Gasteiger partial charge in [0.05, 0.1) is 8.07 Å². The van der Waals surface area contributed by atoms with Crippen molar-refractivity contribution in [1.82, 2.24) is 0 Å². The minimum Gasteiger partial charge on any atom is -0.0879 e. The van der Waals surface area contributed by atoms with E-state index in [4.69, 9.17) is 0 Å². The third-order valence-electron chi connectivity index (χ3n) is 3.61. The van der Waals surface area contributed by atoms with Gasteiger partial charge in [0.25, 0.3) is 0 Å². The molecule has 0 saturated carbocycles. The summed E-state index contributed by atoms with van der Waals surface area (Å²) in [7, 11) is -1.30. The van der Waals surface area contributed by atoms with Crippen molar-refractivity contribution >= 4 is 13.3 Å². The van der Waals surface area contributed by atoms with Crippen LogP contribution in [-0.2, 0) is 0 Å². The molecular formula is C18H28Si. The van der Waals surface area contributed by atoms with Gasteiger partial charge in [-0.3, -0.25) is 0 Å². The third-order valence-corrected chi connectivity index (χ3v) is 6.73. The molecule has 0 spiro atoms. The van der Waals surface area contributed by atoms with Crippen LogP contribution in [0, 0.1) is 0 Å². The summed E-state index contributed by atoms with van der Waals surface area (Å²) in [6.45, 7) is 11.5. The van der Waals surface area contributed by atoms with E-state index in [1.807, 2.05) is 0 Å². The fourth-order valence-electron chi connectivity index (χ4n) is 2.13. The van der Waals surface area contributed by atoms with Crippen molar-refractivity contribution in [1.29, 1.82) is 0 Å². The molecule has 0 aliphatic rings. The van der Waals surface area contributed by atoms with Crippen molar-refractivity contribution in [3.63, 3.8) is 0 Å². The van der Waals surface area contributed by atoms with Gasteiger partial charge in [0, 0.05) is 0 Å². The van der Waals surface area contributed by atoms with Crippen molar-refractivity contribution in [3.05, 3.63) is 53.6 Å². The molecule has 0 aliphatic heterocycles. The van der Waals surface area contributed by atoms with Crippen LogP contribution >= 0.6 is 0 Å². The first-order chi connectivity index (χ1) is 8.92. The Bertz CT molecular complexity index is 434. The monoisotopic (exact) mass is 272 g/mol. The lowest BCUT2D eigenvalue weighted by Gasteiger charge is -2.21. The second-order valence-corrected chi connectivity index (χ2v) is 11.1. The Labute approximate surface area is 120 Å². The standard InChI is InChI=1S/C18H28Si/c1-16(2)10-9-11-17(3)14-15-19(4,5)18-12-7-6-8-13-18/h6-8,10,12-14H,9,11,15H2,1-5H3. The van der Waals surface area contributed by atoms with Gasteiger partial charge in [-0.05, 0) is 39.7 Å². The fourth-order valence-corrected chi connectivity index (χ4v) is 4.32. The lowest BCUT2D eigenvalue weighted by Crippen LogP contribution is -2.40. The number of benzene rings is 1. The molecule has 0 atom stereocenters. The molecule has 0 aliphatic carbocycles. The molecule has 0 amide bonds. The molecule has 0 aromatic heterocycles. The summed E-state index contributed by atoms with van der Waals surface area (Å²) >= 11 is 0. The predicted octanol–water partition coefficient (Wildman–Crippen LogP) is 5.29. The summed E-state index contributed by atoms with van der Waals surface area (Å²) in [4.78, 5) is 0. The van der Waals surface area contributed by atoms with Crippen molar-refractivity contribution in [3.8, 4) is 0 Å². The average Bonchev–Trinajstić information content (AvgIpc) is 2.37. The highest BCUT2D eigenvalue weighted by Gasteiger charge is 2.21. The zero-order valence-electron chi connectivity index (χ0n) is 13.2. The van der Waals surface area contributed by atoms with Crippen LogP contribution in [-0.4, -0.2) is 8.07 Å². The lowest BCUT2D eigenvalue weighted by atomic mass is 10.1.